The van der Waals surface area contributed by atoms with Crippen LogP contribution in [0.15, 0.2) is 0 Å². The molecule has 0 aromatic rings. The molecule has 0 aromatic carbocycles. The van der Waals surface area contributed by atoms with Crippen molar-refractivity contribution in [2.45, 2.75) is 51.5 Å². The lowest BCUT2D eigenvalue weighted by molar-refractivity contribution is 0.118. The van der Waals surface area contributed by atoms with Crippen molar-refractivity contribution in [3.05, 3.63) is 0 Å². The summed E-state index contributed by atoms with van der Waals surface area (Å²) in [6.45, 7) is 4.92. The van der Waals surface area contributed by atoms with Gasteiger partial charge in [-0.1, -0.05) is 19.8 Å². The van der Waals surface area contributed by atoms with Crippen LogP contribution in [0.4, 0.5) is 0 Å². The first-order valence-corrected chi connectivity index (χ1v) is 5.87. The van der Waals surface area contributed by atoms with E-state index in [1.165, 1.54) is 51.6 Å². The number of hydrazine groups is 1. The lowest BCUT2D eigenvalue weighted by Gasteiger charge is -2.31. The molecule has 76 valence electrons. The topological polar surface area (TPSA) is 15.3 Å². The minimum absolute atomic E-state index is 0.776. The SMILES string of the molecule is CC1CCCC1NN1CCCCC1. The van der Waals surface area contributed by atoms with Gasteiger partial charge in [-0.2, -0.15) is 0 Å². The maximum Gasteiger partial charge on any atom is 0.0240 e. The van der Waals surface area contributed by atoms with E-state index in [1.807, 2.05) is 0 Å². The standard InChI is InChI=1S/C11H22N2/c1-10-6-5-7-11(10)12-13-8-3-2-4-9-13/h10-12H,2-9H2,1H3. The average Bonchev–Trinajstić information content (AvgIpc) is 2.54. The smallest absolute Gasteiger partial charge is 0.0240 e. The van der Waals surface area contributed by atoms with Crippen LogP contribution in [0.5, 0.6) is 0 Å². The molecular formula is C11H22N2. The van der Waals surface area contributed by atoms with Crippen LogP contribution in [-0.4, -0.2) is 24.1 Å². The molecular weight excluding hydrogens is 160 g/mol. The fourth-order valence-corrected chi connectivity index (χ4v) is 2.59. The molecule has 2 nitrogen and oxygen atoms in total. The van der Waals surface area contributed by atoms with Gasteiger partial charge in [-0.05, 0) is 31.6 Å². The molecule has 2 fully saturated rings. The summed E-state index contributed by atoms with van der Waals surface area (Å²) in [4.78, 5) is 0. The van der Waals surface area contributed by atoms with Gasteiger partial charge in [0.05, 0.1) is 0 Å². The van der Waals surface area contributed by atoms with Crippen LogP contribution in [0.1, 0.15) is 45.4 Å². The van der Waals surface area contributed by atoms with E-state index in [0.29, 0.717) is 0 Å². The second-order valence-corrected chi connectivity index (χ2v) is 4.69. The zero-order valence-corrected chi connectivity index (χ0v) is 8.76. The number of rotatable bonds is 2. The zero-order valence-electron chi connectivity index (χ0n) is 8.76. The Kier molecular flexibility index (Phi) is 3.23. The highest BCUT2D eigenvalue weighted by atomic mass is 15.5. The van der Waals surface area contributed by atoms with Crippen molar-refractivity contribution in [2.24, 2.45) is 5.92 Å². The van der Waals surface area contributed by atoms with E-state index < -0.39 is 0 Å². The van der Waals surface area contributed by atoms with Crippen LogP contribution in [0, 0.1) is 5.92 Å². The largest absolute Gasteiger partial charge is 0.252 e. The summed E-state index contributed by atoms with van der Waals surface area (Å²) in [6.07, 6.45) is 8.43. The summed E-state index contributed by atoms with van der Waals surface area (Å²) in [7, 11) is 0. The monoisotopic (exact) mass is 182 g/mol. The summed E-state index contributed by atoms with van der Waals surface area (Å²) >= 11 is 0. The van der Waals surface area contributed by atoms with Crippen molar-refractivity contribution >= 4 is 0 Å². The van der Waals surface area contributed by atoms with Crippen molar-refractivity contribution < 1.29 is 0 Å². The van der Waals surface area contributed by atoms with Gasteiger partial charge in [0.15, 0.2) is 0 Å². The van der Waals surface area contributed by atoms with E-state index in [4.69, 9.17) is 0 Å². The number of nitrogens with zero attached hydrogens (tertiary/aromatic N) is 1. The van der Waals surface area contributed by atoms with Crippen LogP contribution < -0.4 is 5.43 Å². The van der Waals surface area contributed by atoms with Gasteiger partial charge in [0.2, 0.25) is 0 Å². The molecule has 0 amide bonds. The van der Waals surface area contributed by atoms with Crippen LogP contribution in [0.2, 0.25) is 0 Å². The van der Waals surface area contributed by atoms with Gasteiger partial charge in [-0.3, -0.25) is 5.43 Å². The summed E-state index contributed by atoms with van der Waals surface area (Å²) in [5, 5.41) is 2.45. The van der Waals surface area contributed by atoms with E-state index in [0.717, 1.165) is 12.0 Å². The third-order valence-corrected chi connectivity index (χ3v) is 3.57. The Morgan fingerprint density at radius 3 is 2.38 bits per heavy atom. The minimum Gasteiger partial charge on any atom is -0.252 e. The summed E-state index contributed by atoms with van der Waals surface area (Å²) < 4.78 is 0. The van der Waals surface area contributed by atoms with Crippen molar-refractivity contribution in [2.75, 3.05) is 13.1 Å². The Hall–Kier alpha value is -0.0800. The highest BCUT2D eigenvalue weighted by Gasteiger charge is 2.25. The van der Waals surface area contributed by atoms with E-state index in [2.05, 4.69) is 17.4 Å². The van der Waals surface area contributed by atoms with Gasteiger partial charge < -0.3 is 0 Å². The summed E-state index contributed by atoms with van der Waals surface area (Å²) in [5.74, 6) is 0.891. The second kappa shape index (κ2) is 4.43. The van der Waals surface area contributed by atoms with E-state index >= 15 is 0 Å². The Bertz CT molecular complexity index is 152. The van der Waals surface area contributed by atoms with Crippen LogP contribution in [0.25, 0.3) is 0 Å². The predicted molar refractivity (Wildman–Crippen MR) is 55.4 cm³/mol. The zero-order chi connectivity index (χ0) is 9.10. The molecule has 1 saturated carbocycles. The van der Waals surface area contributed by atoms with Crippen molar-refractivity contribution in [3.63, 3.8) is 0 Å². The molecule has 13 heavy (non-hydrogen) atoms. The molecule has 2 heteroatoms. The van der Waals surface area contributed by atoms with Crippen molar-refractivity contribution in [1.82, 2.24) is 10.4 Å². The minimum atomic E-state index is 0.776. The predicted octanol–water partition coefficient (Wildman–Crippen LogP) is 2.17. The number of nitrogens with one attached hydrogen (secondary N) is 1. The molecule has 2 atom stereocenters. The molecule has 1 heterocycles. The van der Waals surface area contributed by atoms with Crippen molar-refractivity contribution in [3.8, 4) is 0 Å². The fourth-order valence-electron chi connectivity index (χ4n) is 2.59. The molecule has 2 unspecified atom stereocenters. The molecule has 1 aliphatic carbocycles. The van der Waals surface area contributed by atoms with Crippen LogP contribution >= 0.6 is 0 Å². The molecule has 2 rings (SSSR count). The van der Waals surface area contributed by atoms with Gasteiger partial charge in [-0.15, -0.1) is 0 Å². The van der Waals surface area contributed by atoms with Gasteiger partial charge in [0.25, 0.3) is 0 Å². The lowest BCUT2D eigenvalue weighted by Crippen LogP contribution is -2.48. The molecule has 0 aromatic heterocycles. The molecule has 1 saturated heterocycles. The van der Waals surface area contributed by atoms with E-state index in [-0.39, 0.29) is 0 Å². The third-order valence-electron chi connectivity index (χ3n) is 3.57. The van der Waals surface area contributed by atoms with Crippen LogP contribution in [0.3, 0.4) is 0 Å². The molecule has 1 aliphatic heterocycles. The van der Waals surface area contributed by atoms with Gasteiger partial charge in [-0.25, -0.2) is 5.01 Å². The highest BCUT2D eigenvalue weighted by Crippen LogP contribution is 2.25. The van der Waals surface area contributed by atoms with Gasteiger partial charge in [0.1, 0.15) is 0 Å². The normalized spacial score (nSPS) is 36.7. The first-order valence-electron chi connectivity index (χ1n) is 5.87. The molecule has 0 bridgehead atoms. The Balaban J connectivity index is 1.75. The maximum atomic E-state index is 3.70. The molecule has 0 radical (unpaired) electrons. The number of hydrogen-bond donors (Lipinski definition) is 1. The van der Waals surface area contributed by atoms with Gasteiger partial charge in [0, 0.05) is 19.1 Å². The van der Waals surface area contributed by atoms with E-state index in [9.17, 15) is 0 Å². The van der Waals surface area contributed by atoms with Crippen molar-refractivity contribution in [1.29, 1.82) is 0 Å². The van der Waals surface area contributed by atoms with Gasteiger partial charge >= 0.3 is 0 Å². The number of piperidine rings is 1. The fraction of sp³-hybridized carbons (Fsp3) is 1.00. The molecule has 2 aliphatic rings. The highest BCUT2D eigenvalue weighted by molar-refractivity contribution is 4.79. The second-order valence-electron chi connectivity index (χ2n) is 4.69. The average molecular weight is 182 g/mol. The van der Waals surface area contributed by atoms with E-state index in [1.54, 1.807) is 0 Å². The molecule has 0 spiro atoms. The first-order chi connectivity index (χ1) is 6.36. The Morgan fingerprint density at radius 1 is 1.00 bits per heavy atom. The third kappa shape index (κ3) is 2.44. The summed E-state index contributed by atoms with van der Waals surface area (Å²) in [5.41, 5.74) is 3.70. The lowest BCUT2D eigenvalue weighted by atomic mass is 10.1. The quantitative estimate of drug-likeness (QED) is 0.704. The number of hydrogen-bond acceptors (Lipinski definition) is 2. The summed E-state index contributed by atoms with van der Waals surface area (Å²) in [6, 6.07) is 0.776. The first kappa shape index (κ1) is 9.47. The Morgan fingerprint density at radius 2 is 1.77 bits per heavy atom. The van der Waals surface area contributed by atoms with Crippen LogP contribution in [-0.2, 0) is 0 Å². The molecule has 1 N–H and O–H groups in total. The Labute approximate surface area is 81.7 Å². The maximum absolute atomic E-state index is 3.70.